The van der Waals surface area contributed by atoms with Crippen molar-refractivity contribution < 1.29 is 19.4 Å². The Hall–Kier alpha value is -1.30. The van der Waals surface area contributed by atoms with Gasteiger partial charge in [-0.3, -0.25) is 0 Å². The van der Waals surface area contributed by atoms with E-state index in [4.69, 9.17) is 9.84 Å². The van der Waals surface area contributed by atoms with E-state index in [0.29, 0.717) is 38.5 Å². The quantitative estimate of drug-likeness (QED) is 0.566. The van der Waals surface area contributed by atoms with E-state index in [0.717, 1.165) is 6.42 Å². The Bertz CT molecular complexity index is 300. The first-order valence-corrected chi connectivity index (χ1v) is 6.33. The smallest absolute Gasteiger partial charge is 0.329 e. The molecule has 1 aliphatic rings. The van der Waals surface area contributed by atoms with E-state index in [-0.39, 0.29) is 0 Å². The van der Waals surface area contributed by atoms with Gasteiger partial charge in [-0.2, -0.15) is 0 Å². The highest BCUT2D eigenvalue weighted by molar-refractivity contribution is 5.88. The topological polar surface area (TPSA) is 87.7 Å². The molecule has 0 aromatic carbocycles. The number of carbonyl (C=O) groups is 2. The third-order valence-corrected chi connectivity index (χ3v) is 2.71. The number of aliphatic carboxylic acids is 1. The van der Waals surface area contributed by atoms with Gasteiger partial charge in [0, 0.05) is 19.8 Å². The van der Waals surface area contributed by atoms with Crippen molar-refractivity contribution in [1.82, 2.24) is 10.6 Å². The van der Waals surface area contributed by atoms with Crippen molar-refractivity contribution in [3.05, 3.63) is 0 Å². The molecule has 6 heteroatoms. The monoisotopic (exact) mass is 258 g/mol. The third kappa shape index (κ3) is 4.91. The Morgan fingerprint density at radius 3 is 2.56 bits per heavy atom. The molecule has 2 amide bonds. The highest BCUT2D eigenvalue weighted by Crippen LogP contribution is 2.35. The number of carboxylic acid groups (broad SMARTS) is 1. The molecule has 0 bridgehead atoms. The third-order valence-electron chi connectivity index (χ3n) is 2.71. The van der Waals surface area contributed by atoms with Gasteiger partial charge < -0.3 is 20.5 Å². The molecule has 0 aromatic heterocycles. The molecule has 1 rings (SSSR count). The van der Waals surface area contributed by atoms with Crippen molar-refractivity contribution in [3.63, 3.8) is 0 Å². The molecule has 0 radical (unpaired) electrons. The van der Waals surface area contributed by atoms with E-state index in [1.807, 2.05) is 0 Å². The minimum atomic E-state index is -1.02. The minimum absolute atomic E-state index is 0.418. The summed E-state index contributed by atoms with van der Waals surface area (Å²) in [4.78, 5) is 22.3. The van der Waals surface area contributed by atoms with E-state index < -0.39 is 17.5 Å². The van der Waals surface area contributed by atoms with Crippen molar-refractivity contribution >= 4 is 12.0 Å². The summed E-state index contributed by atoms with van der Waals surface area (Å²) in [5.41, 5.74) is -1.02. The second kappa shape index (κ2) is 6.58. The van der Waals surface area contributed by atoms with Gasteiger partial charge in [-0.25, -0.2) is 9.59 Å². The number of nitrogens with one attached hydrogen (secondary N) is 2. The van der Waals surface area contributed by atoms with Gasteiger partial charge in [0.05, 0.1) is 0 Å². The number of carbonyl (C=O) groups excluding carboxylic acids is 1. The molecule has 0 aliphatic heterocycles. The Morgan fingerprint density at radius 2 is 2.06 bits per heavy atom. The number of amides is 2. The normalized spacial score (nSPS) is 16.4. The second-order valence-electron chi connectivity index (χ2n) is 5.09. The van der Waals surface area contributed by atoms with Crippen LogP contribution in [-0.4, -0.2) is 42.4 Å². The number of ether oxygens (including phenoxy) is 1. The van der Waals surface area contributed by atoms with Crippen molar-refractivity contribution in [3.8, 4) is 0 Å². The summed E-state index contributed by atoms with van der Waals surface area (Å²) in [6, 6.07) is -0.418. The second-order valence-corrected chi connectivity index (χ2v) is 5.09. The Morgan fingerprint density at radius 1 is 1.39 bits per heavy atom. The maximum absolute atomic E-state index is 11.4. The zero-order valence-corrected chi connectivity index (χ0v) is 11.0. The first-order chi connectivity index (χ1) is 8.46. The van der Waals surface area contributed by atoms with E-state index in [2.05, 4.69) is 24.5 Å². The zero-order chi connectivity index (χ0) is 13.6. The lowest BCUT2D eigenvalue weighted by Gasteiger charge is -2.13. The predicted octanol–water partition coefficient (Wildman–Crippen LogP) is 0.965. The van der Waals surface area contributed by atoms with Crippen molar-refractivity contribution in [2.24, 2.45) is 5.92 Å². The average molecular weight is 258 g/mol. The molecule has 0 atom stereocenters. The van der Waals surface area contributed by atoms with Crippen LogP contribution in [0.5, 0.6) is 0 Å². The van der Waals surface area contributed by atoms with Gasteiger partial charge in [-0.1, -0.05) is 13.8 Å². The van der Waals surface area contributed by atoms with Gasteiger partial charge in [0.2, 0.25) is 0 Å². The number of rotatable bonds is 8. The molecule has 0 unspecified atom stereocenters. The molecule has 0 spiro atoms. The zero-order valence-electron chi connectivity index (χ0n) is 11.0. The van der Waals surface area contributed by atoms with Crippen LogP contribution >= 0.6 is 0 Å². The van der Waals surface area contributed by atoms with Gasteiger partial charge in [0.25, 0.3) is 0 Å². The lowest BCUT2D eigenvalue weighted by molar-refractivity contribution is -0.140. The molecule has 1 aliphatic carbocycles. The SMILES string of the molecule is CC(C)COCCCNC(=O)NC1(C(=O)O)CC1. The summed E-state index contributed by atoms with van der Waals surface area (Å²) >= 11 is 0. The maximum Gasteiger partial charge on any atom is 0.329 e. The fraction of sp³-hybridized carbons (Fsp3) is 0.833. The van der Waals surface area contributed by atoms with Crippen molar-refractivity contribution in [2.75, 3.05) is 19.8 Å². The van der Waals surface area contributed by atoms with Crippen LogP contribution in [-0.2, 0) is 9.53 Å². The molecule has 0 saturated heterocycles. The molecule has 1 fully saturated rings. The van der Waals surface area contributed by atoms with E-state index in [1.165, 1.54) is 0 Å². The molecule has 0 heterocycles. The summed E-state index contributed by atoms with van der Waals surface area (Å²) < 4.78 is 5.36. The standard InChI is InChI=1S/C12H22N2O4/c1-9(2)8-18-7-3-6-13-11(17)14-12(4-5-12)10(15)16/h9H,3-8H2,1-2H3,(H,15,16)(H2,13,14,17). The molecule has 104 valence electrons. The highest BCUT2D eigenvalue weighted by Gasteiger charge is 2.51. The average Bonchev–Trinajstić information content (AvgIpc) is 3.03. The van der Waals surface area contributed by atoms with Crippen LogP contribution in [0.3, 0.4) is 0 Å². The maximum atomic E-state index is 11.4. The predicted molar refractivity (Wildman–Crippen MR) is 66.4 cm³/mol. The van der Waals surface area contributed by atoms with Crippen LogP contribution in [0, 0.1) is 5.92 Å². The molecule has 3 N–H and O–H groups in total. The highest BCUT2D eigenvalue weighted by atomic mass is 16.5. The van der Waals surface area contributed by atoms with E-state index in [9.17, 15) is 9.59 Å². The van der Waals surface area contributed by atoms with Crippen LogP contribution < -0.4 is 10.6 Å². The van der Waals surface area contributed by atoms with Crippen molar-refractivity contribution in [2.45, 2.75) is 38.6 Å². The molecular weight excluding hydrogens is 236 g/mol. The van der Waals surface area contributed by atoms with Crippen LogP contribution in [0.25, 0.3) is 0 Å². The summed E-state index contributed by atoms with van der Waals surface area (Å²) in [6.07, 6.45) is 1.74. The summed E-state index contributed by atoms with van der Waals surface area (Å²) in [7, 11) is 0. The molecular formula is C12H22N2O4. The van der Waals surface area contributed by atoms with Crippen LogP contribution in [0.15, 0.2) is 0 Å². The van der Waals surface area contributed by atoms with Gasteiger partial charge in [-0.15, -0.1) is 0 Å². The van der Waals surface area contributed by atoms with Crippen LogP contribution in [0.4, 0.5) is 4.79 Å². The van der Waals surface area contributed by atoms with Gasteiger partial charge in [0.1, 0.15) is 5.54 Å². The fourth-order valence-corrected chi connectivity index (χ4v) is 1.47. The number of urea groups is 1. The molecule has 18 heavy (non-hydrogen) atoms. The van der Waals surface area contributed by atoms with Gasteiger partial charge >= 0.3 is 12.0 Å². The molecule has 1 saturated carbocycles. The van der Waals surface area contributed by atoms with Gasteiger partial charge in [0.15, 0.2) is 0 Å². The number of carboxylic acids is 1. The Balaban J connectivity index is 2.03. The largest absolute Gasteiger partial charge is 0.480 e. The molecule has 6 nitrogen and oxygen atoms in total. The molecule has 0 aromatic rings. The van der Waals surface area contributed by atoms with E-state index >= 15 is 0 Å². The number of hydrogen-bond donors (Lipinski definition) is 3. The van der Waals surface area contributed by atoms with E-state index in [1.54, 1.807) is 0 Å². The van der Waals surface area contributed by atoms with Crippen LogP contribution in [0.1, 0.15) is 33.1 Å². The Kier molecular flexibility index (Phi) is 5.40. The van der Waals surface area contributed by atoms with Crippen LogP contribution in [0.2, 0.25) is 0 Å². The summed E-state index contributed by atoms with van der Waals surface area (Å²) in [6.45, 7) is 5.95. The lowest BCUT2D eigenvalue weighted by atomic mass is 10.2. The lowest BCUT2D eigenvalue weighted by Crippen LogP contribution is -2.48. The first kappa shape index (κ1) is 14.8. The summed E-state index contributed by atoms with van der Waals surface area (Å²) in [5.74, 6) is -0.454. The summed E-state index contributed by atoms with van der Waals surface area (Å²) in [5, 5.41) is 14.0. The van der Waals surface area contributed by atoms with Crippen molar-refractivity contribution in [1.29, 1.82) is 0 Å². The fourth-order valence-electron chi connectivity index (χ4n) is 1.47. The number of hydrogen-bond acceptors (Lipinski definition) is 3. The minimum Gasteiger partial charge on any atom is -0.480 e. The Labute approximate surface area is 107 Å². The van der Waals surface area contributed by atoms with Gasteiger partial charge in [-0.05, 0) is 25.2 Å². The first-order valence-electron chi connectivity index (χ1n) is 6.33.